The Morgan fingerprint density at radius 2 is 1.31 bits per heavy atom. The van der Waals surface area contributed by atoms with E-state index < -0.39 is 15.7 Å². The molecule has 174 valence electrons. The SMILES string of the molecule is Cc1ccc(S(=O)(=O)On2c(/C=C/c3c4ccccc4cc4ccccc34)cc(C)cc2=O)cc1. The summed E-state index contributed by atoms with van der Waals surface area (Å²) in [6, 6.07) is 27.6. The molecule has 35 heavy (non-hydrogen) atoms. The number of nitrogens with zero attached hydrogens (tertiary/aromatic N) is 1. The maximum Gasteiger partial charge on any atom is 0.357 e. The molecule has 0 spiro atoms. The molecule has 0 radical (unpaired) electrons. The van der Waals surface area contributed by atoms with Gasteiger partial charge in [-0.3, -0.25) is 9.08 Å². The van der Waals surface area contributed by atoms with Crippen LogP contribution in [0.2, 0.25) is 0 Å². The van der Waals surface area contributed by atoms with Gasteiger partial charge in [0.25, 0.3) is 5.56 Å². The van der Waals surface area contributed by atoms with Crippen LogP contribution >= 0.6 is 0 Å². The van der Waals surface area contributed by atoms with Crippen molar-refractivity contribution in [2.24, 2.45) is 0 Å². The highest BCUT2D eigenvalue weighted by Crippen LogP contribution is 2.30. The molecule has 5 rings (SSSR count). The molecular formula is C29H23NO4S. The van der Waals surface area contributed by atoms with Gasteiger partial charge in [-0.1, -0.05) is 72.3 Å². The van der Waals surface area contributed by atoms with Crippen molar-refractivity contribution in [3.8, 4) is 0 Å². The van der Waals surface area contributed by atoms with Crippen LogP contribution < -0.4 is 9.84 Å². The van der Waals surface area contributed by atoms with Crippen LogP contribution in [0, 0.1) is 13.8 Å². The summed E-state index contributed by atoms with van der Waals surface area (Å²) >= 11 is 0. The summed E-state index contributed by atoms with van der Waals surface area (Å²) in [5.41, 5.74) is 2.35. The van der Waals surface area contributed by atoms with Crippen LogP contribution in [0.5, 0.6) is 0 Å². The Labute approximate surface area is 203 Å². The van der Waals surface area contributed by atoms with Crippen LogP contribution in [-0.2, 0) is 10.1 Å². The van der Waals surface area contributed by atoms with E-state index >= 15 is 0 Å². The predicted molar refractivity (Wildman–Crippen MR) is 141 cm³/mol. The van der Waals surface area contributed by atoms with Gasteiger partial charge in [-0.15, -0.1) is 4.73 Å². The molecule has 0 N–H and O–H groups in total. The third-order valence-electron chi connectivity index (χ3n) is 5.88. The number of aromatic nitrogens is 1. The highest BCUT2D eigenvalue weighted by Gasteiger charge is 2.19. The van der Waals surface area contributed by atoms with E-state index in [1.807, 2.05) is 49.4 Å². The maximum absolute atomic E-state index is 12.9. The summed E-state index contributed by atoms with van der Waals surface area (Å²) in [7, 11) is -4.21. The van der Waals surface area contributed by atoms with E-state index in [1.54, 1.807) is 31.2 Å². The summed E-state index contributed by atoms with van der Waals surface area (Å²) in [5.74, 6) is 0. The normalized spacial score (nSPS) is 11.9. The third kappa shape index (κ3) is 4.48. The van der Waals surface area contributed by atoms with E-state index in [0.29, 0.717) is 11.3 Å². The fraction of sp³-hybridized carbons (Fsp3) is 0.0690. The Balaban J connectivity index is 1.64. The second-order valence-corrected chi connectivity index (χ2v) is 10.0. The summed E-state index contributed by atoms with van der Waals surface area (Å²) in [6.07, 6.45) is 3.62. The standard InChI is InChI=1S/C29H23NO4S/c1-20-11-14-25(15-12-20)35(32,33)34-30-24(17-21(2)18-29(30)31)13-16-28-26-9-5-3-7-22(26)19-23-8-4-6-10-27(23)28/h3-19H,1-2H3/b16-13+. The first kappa shape index (κ1) is 22.6. The highest BCUT2D eigenvalue weighted by atomic mass is 32.2. The summed E-state index contributed by atoms with van der Waals surface area (Å²) < 4.78 is 32.0. The first-order valence-corrected chi connectivity index (χ1v) is 12.6. The van der Waals surface area contributed by atoms with Crippen molar-refractivity contribution in [1.29, 1.82) is 0 Å². The number of hydrogen-bond acceptors (Lipinski definition) is 4. The molecule has 0 bridgehead atoms. The van der Waals surface area contributed by atoms with Crippen LogP contribution in [0.3, 0.4) is 0 Å². The number of rotatable bonds is 5. The molecular weight excluding hydrogens is 458 g/mol. The van der Waals surface area contributed by atoms with Gasteiger partial charge in [0.2, 0.25) is 0 Å². The molecule has 0 unspecified atom stereocenters. The van der Waals surface area contributed by atoms with Crippen molar-refractivity contribution in [3.05, 3.63) is 124 Å². The average Bonchev–Trinajstić information content (AvgIpc) is 2.84. The van der Waals surface area contributed by atoms with Gasteiger partial charge in [0.05, 0.1) is 5.69 Å². The highest BCUT2D eigenvalue weighted by molar-refractivity contribution is 7.87. The number of fused-ring (bicyclic) bond motifs is 2. The van der Waals surface area contributed by atoms with Gasteiger partial charge < -0.3 is 0 Å². The Kier molecular flexibility index (Phi) is 5.75. The van der Waals surface area contributed by atoms with Crippen molar-refractivity contribution in [1.82, 2.24) is 4.73 Å². The largest absolute Gasteiger partial charge is 0.357 e. The van der Waals surface area contributed by atoms with Gasteiger partial charge >= 0.3 is 10.1 Å². The van der Waals surface area contributed by atoms with E-state index in [-0.39, 0.29) is 4.90 Å². The van der Waals surface area contributed by atoms with Crippen molar-refractivity contribution in [3.63, 3.8) is 0 Å². The molecule has 0 atom stereocenters. The van der Waals surface area contributed by atoms with Crippen molar-refractivity contribution in [2.45, 2.75) is 18.7 Å². The van der Waals surface area contributed by atoms with Gasteiger partial charge in [0.15, 0.2) is 0 Å². The molecule has 0 aliphatic rings. The number of pyridine rings is 1. The van der Waals surface area contributed by atoms with E-state index in [0.717, 1.165) is 37.4 Å². The second-order valence-electron chi connectivity index (χ2n) is 8.50. The first-order valence-electron chi connectivity index (χ1n) is 11.2. The Morgan fingerprint density at radius 1 is 0.714 bits per heavy atom. The molecule has 4 aromatic carbocycles. The Morgan fingerprint density at radius 3 is 1.94 bits per heavy atom. The van der Waals surface area contributed by atoms with E-state index in [4.69, 9.17) is 4.28 Å². The minimum absolute atomic E-state index is 0.0226. The van der Waals surface area contributed by atoms with Crippen LogP contribution in [0.15, 0.2) is 101 Å². The van der Waals surface area contributed by atoms with Gasteiger partial charge in [-0.05, 0) is 76.9 Å². The van der Waals surface area contributed by atoms with Gasteiger partial charge in [-0.25, -0.2) is 0 Å². The quantitative estimate of drug-likeness (QED) is 0.300. The maximum atomic E-state index is 12.9. The molecule has 5 aromatic rings. The monoisotopic (exact) mass is 481 g/mol. The summed E-state index contributed by atoms with van der Waals surface area (Å²) in [5, 5.41) is 4.28. The zero-order valence-electron chi connectivity index (χ0n) is 19.3. The van der Waals surface area contributed by atoms with Gasteiger partial charge in [0, 0.05) is 6.07 Å². The van der Waals surface area contributed by atoms with Crippen LogP contribution in [0.1, 0.15) is 22.4 Å². The van der Waals surface area contributed by atoms with Crippen molar-refractivity contribution >= 4 is 43.8 Å². The minimum atomic E-state index is -4.21. The molecule has 1 aromatic heterocycles. The molecule has 0 aliphatic heterocycles. The number of benzene rings is 4. The molecule has 0 saturated heterocycles. The number of aryl methyl sites for hydroxylation is 2. The Hall–Kier alpha value is -4.16. The lowest BCUT2D eigenvalue weighted by Crippen LogP contribution is -2.32. The molecule has 5 nitrogen and oxygen atoms in total. The van der Waals surface area contributed by atoms with Crippen LogP contribution in [0.4, 0.5) is 0 Å². The van der Waals surface area contributed by atoms with Crippen molar-refractivity contribution in [2.75, 3.05) is 0 Å². The molecule has 0 saturated carbocycles. The van der Waals surface area contributed by atoms with E-state index in [2.05, 4.69) is 18.2 Å². The Bertz CT molecular complexity index is 1710. The third-order valence-corrected chi connectivity index (χ3v) is 7.07. The molecule has 0 aliphatic carbocycles. The average molecular weight is 482 g/mol. The summed E-state index contributed by atoms with van der Waals surface area (Å²) in [4.78, 5) is 12.8. The van der Waals surface area contributed by atoms with Crippen LogP contribution in [-0.4, -0.2) is 13.1 Å². The molecule has 6 heteroatoms. The summed E-state index contributed by atoms with van der Waals surface area (Å²) in [6.45, 7) is 3.65. The zero-order chi connectivity index (χ0) is 24.6. The molecule has 0 fully saturated rings. The zero-order valence-corrected chi connectivity index (χ0v) is 20.1. The van der Waals surface area contributed by atoms with Gasteiger partial charge in [0.1, 0.15) is 4.90 Å². The first-order chi connectivity index (χ1) is 16.8. The fourth-order valence-corrected chi connectivity index (χ4v) is 5.06. The van der Waals surface area contributed by atoms with Gasteiger partial charge in [-0.2, -0.15) is 8.42 Å². The topological polar surface area (TPSA) is 65.4 Å². The lowest BCUT2D eigenvalue weighted by atomic mass is 9.96. The molecule has 0 amide bonds. The number of hydrogen-bond donors (Lipinski definition) is 0. The molecule has 1 heterocycles. The second kappa shape index (κ2) is 8.89. The minimum Gasteiger partial charge on any atom is -0.280 e. The van der Waals surface area contributed by atoms with Crippen LogP contribution in [0.25, 0.3) is 33.7 Å². The predicted octanol–water partition coefficient (Wildman–Crippen LogP) is 5.76. The van der Waals surface area contributed by atoms with E-state index in [1.165, 1.54) is 18.2 Å². The lowest BCUT2D eigenvalue weighted by molar-refractivity contribution is 0.264. The smallest absolute Gasteiger partial charge is 0.280 e. The lowest BCUT2D eigenvalue weighted by Gasteiger charge is -2.13. The fourth-order valence-electron chi connectivity index (χ4n) is 4.15. The van der Waals surface area contributed by atoms with Crippen molar-refractivity contribution < 1.29 is 12.7 Å². The van der Waals surface area contributed by atoms with E-state index in [9.17, 15) is 13.2 Å².